The second-order valence-electron chi connectivity index (χ2n) is 3.44. The van der Waals surface area contributed by atoms with Crippen molar-refractivity contribution in [3.63, 3.8) is 0 Å². The smallest absolute Gasteiger partial charge is 0.119 e. The molecular formula is C12H17ClO. The molecule has 0 N–H and O–H groups in total. The van der Waals surface area contributed by atoms with Gasteiger partial charge in [-0.3, -0.25) is 0 Å². The molecule has 0 atom stereocenters. The Labute approximate surface area is 91.0 Å². The highest BCUT2D eigenvalue weighted by molar-refractivity contribution is 6.17. The minimum absolute atomic E-state index is 0.759. The van der Waals surface area contributed by atoms with Gasteiger partial charge in [0.15, 0.2) is 0 Å². The van der Waals surface area contributed by atoms with Gasteiger partial charge in [0.25, 0.3) is 0 Å². The number of halogens is 1. The van der Waals surface area contributed by atoms with Crippen LogP contribution >= 0.6 is 11.6 Å². The van der Waals surface area contributed by atoms with Crippen molar-refractivity contribution in [1.82, 2.24) is 0 Å². The van der Waals surface area contributed by atoms with E-state index in [1.165, 1.54) is 11.1 Å². The maximum atomic E-state index is 5.64. The number of ether oxygens (including phenoxy) is 1. The molecule has 0 saturated heterocycles. The van der Waals surface area contributed by atoms with Crippen LogP contribution in [0, 0.1) is 6.92 Å². The first-order valence-electron chi connectivity index (χ1n) is 4.97. The zero-order valence-electron chi connectivity index (χ0n) is 8.85. The maximum absolute atomic E-state index is 5.64. The number of rotatable bonds is 5. The fourth-order valence-electron chi connectivity index (χ4n) is 1.49. The lowest BCUT2D eigenvalue weighted by atomic mass is 10.0. The van der Waals surface area contributed by atoms with Gasteiger partial charge in [-0.25, -0.2) is 0 Å². The molecule has 0 aliphatic heterocycles. The molecule has 0 spiro atoms. The Morgan fingerprint density at radius 2 is 2.07 bits per heavy atom. The van der Waals surface area contributed by atoms with Gasteiger partial charge >= 0.3 is 0 Å². The fraction of sp³-hybridized carbons (Fsp3) is 0.500. The van der Waals surface area contributed by atoms with Crippen LogP contribution in [0.25, 0.3) is 0 Å². The lowest BCUT2D eigenvalue weighted by Crippen LogP contribution is -1.92. The number of aryl methyl sites for hydroxylation is 2. The van der Waals surface area contributed by atoms with Crippen LogP contribution in [0.15, 0.2) is 18.2 Å². The van der Waals surface area contributed by atoms with E-state index in [0.29, 0.717) is 0 Å². The van der Waals surface area contributed by atoms with Crippen LogP contribution in [0.3, 0.4) is 0 Å². The second-order valence-corrected chi connectivity index (χ2v) is 3.82. The molecule has 0 radical (unpaired) electrons. The Morgan fingerprint density at radius 3 is 2.64 bits per heavy atom. The van der Waals surface area contributed by atoms with E-state index < -0.39 is 0 Å². The van der Waals surface area contributed by atoms with E-state index in [4.69, 9.17) is 16.3 Å². The first kappa shape index (κ1) is 11.4. The first-order valence-corrected chi connectivity index (χ1v) is 5.51. The molecule has 78 valence electrons. The molecule has 14 heavy (non-hydrogen) atoms. The number of hydrogen-bond acceptors (Lipinski definition) is 1. The third-order valence-corrected chi connectivity index (χ3v) is 2.65. The average molecular weight is 213 g/mol. The topological polar surface area (TPSA) is 9.23 Å². The van der Waals surface area contributed by atoms with Crippen LogP contribution < -0.4 is 4.74 Å². The summed E-state index contributed by atoms with van der Waals surface area (Å²) in [6.07, 6.45) is 3.37. The summed E-state index contributed by atoms with van der Waals surface area (Å²) in [5.41, 5.74) is 2.70. The van der Waals surface area contributed by atoms with E-state index in [-0.39, 0.29) is 0 Å². The Balaban J connectivity index is 2.59. The zero-order chi connectivity index (χ0) is 10.4. The van der Waals surface area contributed by atoms with Gasteiger partial charge in [0, 0.05) is 5.88 Å². The molecule has 1 aromatic rings. The summed E-state index contributed by atoms with van der Waals surface area (Å²) in [4.78, 5) is 0. The van der Waals surface area contributed by atoms with Crippen molar-refractivity contribution in [2.45, 2.75) is 26.2 Å². The molecule has 0 aromatic heterocycles. The standard InChI is InChI=1S/C12H17ClO/c1-10-9-12(14-2)7-6-11(10)5-3-4-8-13/h6-7,9H,3-5,8H2,1-2H3. The summed E-state index contributed by atoms with van der Waals surface area (Å²) in [5.74, 6) is 1.69. The van der Waals surface area contributed by atoms with Gasteiger partial charge < -0.3 is 4.74 Å². The average Bonchev–Trinajstić information content (AvgIpc) is 2.20. The van der Waals surface area contributed by atoms with E-state index >= 15 is 0 Å². The van der Waals surface area contributed by atoms with Crippen molar-refractivity contribution in [3.05, 3.63) is 29.3 Å². The quantitative estimate of drug-likeness (QED) is 0.536. The van der Waals surface area contributed by atoms with Crippen LogP contribution in [0.2, 0.25) is 0 Å². The summed E-state index contributed by atoms with van der Waals surface area (Å²) < 4.78 is 5.15. The second kappa shape index (κ2) is 5.92. The Bertz CT molecular complexity index is 284. The van der Waals surface area contributed by atoms with Gasteiger partial charge in [-0.15, -0.1) is 11.6 Å². The summed E-state index contributed by atoms with van der Waals surface area (Å²) in [6, 6.07) is 6.24. The molecule has 1 aromatic carbocycles. The van der Waals surface area contributed by atoms with Crippen molar-refractivity contribution >= 4 is 11.6 Å². The van der Waals surface area contributed by atoms with Crippen molar-refractivity contribution < 1.29 is 4.74 Å². The van der Waals surface area contributed by atoms with E-state index in [1.54, 1.807) is 7.11 Å². The van der Waals surface area contributed by atoms with E-state index in [9.17, 15) is 0 Å². The third kappa shape index (κ3) is 3.22. The Kier molecular flexibility index (Phi) is 4.81. The van der Waals surface area contributed by atoms with Crippen LogP contribution in [-0.4, -0.2) is 13.0 Å². The Hall–Kier alpha value is -0.690. The monoisotopic (exact) mass is 212 g/mol. The molecule has 0 saturated carbocycles. The summed E-state index contributed by atoms with van der Waals surface area (Å²) in [6.45, 7) is 2.12. The van der Waals surface area contributed by atoms with Crippen LogP contribution in [0.5, 0.6) is 5.75 Å². The van der Waals surface area contributed by atoms with Crippen molar-refractivity contribution in [1.29, 1.82) is 0 Å². The zero-order valence-corrected chi connectivity index (χ0v) is 9.60. The van der Waals surface area contributed by atoms with Crippen molar-refractivity contribution in [2.24, 2.45) is 0 Å². The van der Waals surface area contributed by atoms with Gasteiger partial charge in [-0.05, 0) is 49.4 Å². The molecule has 0 fully saturated rings. The summed E-state index contributed by atoms with van der Waals surface area (Å²) >= 11 is 5.64. The van der Waals surface area contributed by atoms with E-state index in [2.05, 4.69) is 19.1 Å². The molecule has 2 heteroatoms. The van der Waals surface area contributed by atoms with Gasteiger partial charge in [-0.1, -0.05) is 6.07 Å². The molecule has 1 rings (SSSR count). The first-order chi connectivity index (χ1) is 6.77. The van der Waals surface area contributed by atoms with Crippen LogP contribution in [0.4, 0.5) is 0 Å². The number of alkyl halides is 1. The molecule has 0 amide bonds. The summed E-state index contributed by atoms with van der Waals surface area (Å²) in [5, 5.41) is 0. The highest BCUT2D eigenvalue weighted by atomic mass is 35.5. The molecule has 0 bridgehead atoms. The maximum Gasteiger partial charge on any atom is 0.119 e. The van der Waals surface area contributed by atoms with Gasteiger partial charge in [0.2, 0.25) is 0 Å². The predicted octanol–water partition coefficient (Wildman–Crippen LogP) is 3.57. The number of hydrogen-bond donors (Lipinski definition) is 0. The Morgan fingerprint density at radius 1 is 1.29 bits per heavy atom. The largest absolute Gasteiger partial charge is 0.497 e. The highest BCUT2D eigenvalue weighted by Crippen LogP contribution is 2.18. The van der Waals surface area contributed by atoms with Gasteiger partial charge in [0.1, 0.15) is 5.75 Å². The minimum atomic E-state index is 0.759. The highest BCUT2D eigenvalue weighted by Gasteiger charge is 1.99. The predicted molar refractivity (Wildman–Crippen MR) is 61.4 cm³/mol. The molecule has 1 nitrogen and oxygen atoms in total. The lowest BCUT2D eigenvalue weighted by molar-refractivity contribution is 0.414. The van der Waals surface area contributed by atoms with E-state index in [0.717, 1.165) is 30.9 Å². The van der Waals surface area contributed by atoms with Crippen molar-refractivity contribution in [2.75, 3.05) is 13.0 Å². The normalized spacial score (nSPS) is 10.2. The van der Waals surface area contributed by atoms with Gasteiger partial charge in [0.05, 0.1) is 7.11 Å². The molecular weight excluding hydrogens is 196 g/mol. The van der Waals surface area contributed by atoms with Crippen molar-refractivity contribution in [3.8, 4) is 5.75 Å². The number of methoxy groups -OCH3 is 1. The SMILES string of the molecule is COc1ccc(CCCCCl)c(C)c1. The molecule has 0 unspecified atom stereocenters. The van der Waals surface area contributed by atoms with Crippen LogP contribution in [-0.2, 0) is 6.42 Å². The summed E-state index contributed by atoms with van der Waals surface area (Å²) in [7, 11) is 1.70. The van der Waals surface area contributed by atoms with E-state index in [1.807, 2.05) is 6.07 Å². The number of unbranched alkanes of at least 4 members (excludes halogenated alkanes) is 1. The molecule has 0 heterocycles. The van der Waals surface area contributed by atoms with Crippen LogP contribution in [0.1, 0.15) is 24.0 Å². The lowest BCUT2D eigenvalue weighted by Gasteiger charge is -2.07. The molecule has 0 aliphatic rings. The number of benzene rings is 1. The third-order valence-electron chi connectivity index (χ3n) is 2.38. The van der Waals surface area contributed by atoms with Gasteiger partial charge in [-0.2, -0.15) is 0 Å². The molecule has 0 aliphatic carbocycles. The fourth-order valence-corrected chi connectivity index (χ4v) is 1.67. The minimum Gasteiger partial charge on any atom is -0.497 e.